The van der Waals surface area contributed by atoms with Gasteiger partial charge in [-0.2, -0.15) is 4.37 Å². The number of amides is 1. The number of nitrogens with zero attached hydrogens (tertiary/aromatic N) is 2. The van der Waals surface area contributed by atoms with Crippen LogP contribution in [0, 0.1) is 0 Å². The summed E-state index contributed by atoms with van der Waals surface area (Å²) in [6, 6.07) is 7.66. The zero-order chi connectivity index (χ0) is 17.1. The predicted octanol–water partition coefficient (Wildman–Crippen LogP) is 3.72. The second-order valence-electron chi connectivity index (χ2n) is 5.08. The number of nitrogens with one attached hydrogen (secondary N) is 1. The molecule has 7 heteroatoms. The third kappa shape index (κ3) is 3.03. The number of carbonyl (C=O) groups excluding carboxylic acids is 1. The van der Waals surface area contributed by atoms with Crippen molar-refractivity contribution in [3.05, 3.63) is 30.5 Å². The van der Waals surface area contributed by atoms with Gasteiger partial charge in [0.05, 0.1) is 19.6 Å². The fourth-order valence-corrected chi connectivity index (χ4v) is 2.99. The van der Waals surface area contributed by atoms with E-state index >= 15 is 0 Å². The molecule has 2 aromatic heterocycles. The minimum atomic E-state index is -0.0706. The lowest BCUT2D eigenvalue weighted by atomic mass is 10.1. The number of benzene rings is 1. The lowest BCUT2D eigenvalue weighted by Crippen LogP contribution is -2.09. The third-order valence-electron chi connectivity index (χ3n) is 3.63. The molecule has 0 fully saturated rings. The molecule has 0 atom stereocenters. The molecule has 0 aliphatic heterocycles. The topological polar surface area (TPSA) is 73.3 Å². The molecule has 0 saturated carbocycles. The van der Waals surface area contributed by atoms with Gasteiger partial charge in [0, 0.05) is 18.2 Å². The summed E-state index contributed by atoms with van der Waals surface area (Å²) in [5.41, 5.74) is 1.86. The van der Waals surface area contributed by atoms with Gasteiger partial charge in [0.25, 0.3) is 0 Å². The van der Waals surface area contributed by atoms with Crippen LogP contribution in [0.3, 0.4) is 0 Å². The first kappa shape index (κ1) is 16.2. The van der Waals surface area contributed by atoms with Gasteiger partial charge in [0.2, 0.25) is 5.91 Å². The molecule has 1 amide bonds. The van der Waals surface area contributed by atoms with Gasteiger partial charge in [-0.05, 0) is 35.3 Å². The smallest absolute Gasteiger partial charge is 0.225 e. The van der Waals surface area contributed by atoms with E-state index in [1.807, 2.05) is 24.3 Å². The minimum Gasteiger partial charge on any atom is -0.493 e. The molecular weight excluding hydrogens is 326 g/mol. The van der Waals surface area contributed by atoms with Crippen molar-refractivity contribution in [1.29, 1.82) is 0 Å². The maximum absolute atomic E-state index is 11.6. The minimum absolute atomic E-state index is 0.0706. The van der Waals surface area contributed by atoms with Crippen molar-refractivity contribution in [1.82, 2.24) is 9.36 Å². The van der Waals surface area contributed by atoms with E-state index in [0.717, 1.165) is 21.3 Å². The molecule has 3 aromatic rings. The second kappa shape index (κ2) is 6.84. The molecule has 0 unspecified atom stereocenters. The van der Waals surface area contributed by atoms with Gasteiger partial charge < -0.3 is 14.8 Å². The number of aromatic nitrogens is 2. The van der Waals surface area contributed by atoms with Crippen molar-refractivity contribution >= 4 is 33.5 Å². The maximum atomic E-state index is 11.6. The molecule has 3 rings (SSSR count). The van der Waals surface area contributed by atoms with Crippen molar-refractivity contribution in [3.8, 4) is 22.6 Å². The lowest BCUT2D eigenvalue weighted by molar-refractivity contribution is -0.115. The monoisotopic (exact) mass is 343 g/mol. The number of methoxy groups -OCH3 is 2. The summed E-state index contributed by atoms with van der Waals surface area (Å²) < 4.78 is 14.9. The van der Waals surface area contributed by atoms with Crippen LogP contribution >= 0.6 is 11.5 Å². The first-order valence-electron chi connectivity index (χ1n) is 7.44. The van der Waals surface area contributed by atoms with Crippen LogP contribution < -0.4 is 14.8 Å². The van der Waals surface area contributed by atoms with Gasteiger partial charge in [0.1, 0.15) is 4.83 Å². The zero-order valence-electron chi connectivity index (χ0n) is 13.6. The predicted molar refractivity (Wildman–Crippen MR) is 94.9 cm³/mol. The molecule has 6 nitrogen and oxygen atoms in total. The molecule has 1 aromatic carbocycles. The van der Waals surface area contributed by atoms with Crippen molar-refractivity contribution in [2.24, 2.45) is 0 Å². The van der Waals surface area contributed by atoms with Gasteiger partial charge in [-0.15, -0.1) is 0 Å². The molecule has 24 heavy (non-hydrogen) atoms. The average Bonchev–Trinajstić information content (AvgIpc) is 3.03. The summed E-state index contributed by atoms with van der Waals surface area (Å²) in [7, 11) is 3.20. The van der Waals surface area contributed by atoms with Gasteiger partial charge in [-0.1, -0.05) is 13.0 Å². The highest BCUT2D eigenvalue weighted by atomic mass is 32.1. The fraction of sp³-hybridized carbons (Fsp3) is 0.235. The number of hydrogen-bond acceptors (Lipinski definition) is 6. The highest BCUT2D eigenvalue weighted by molar-refractivity contribution is 7.13. The first-order valence-corrected chi connectivity index (χ1v) is 8.21. The standard InChI is InChI=1S/C17H17N3O3S/c1-4-15(21)19-16-12-7-11(9-18-17(12)24-20-16)10-5-6-13(22-2)14(8-10)23-3/h5-9H,4H2,1-3H3,(H,19,20,21). The molecule has 0 aliphatic rings. The normalized spacial score (nSPS) is 10.6. The van der Waals surface area contributed by atoms with Gasteiger partial charge in [-0.3, -0.25) is 4.79 Å². The SMILES string of the molecule is CCC(=O)Nc1nsc2ncc(-c3ccc(OC)c(OC)c3)cc12. The molecular formula is C17H17N3O3S. The Morgan fingerprint density at radius 3 is 2.67 bits per heavy atom. The molecule has 0 saturated heterocycles. The van der Waals surface area contributed by atoms with Crippen molar-refractivity contribution < 1.29 is 14.3 Å². The van der Waals surface area contributed by atoms with Crippen LogP contribution in [-0.2, 0) is 4.79 Å². The van der Waals surface area contributed by atoms with Crippen LogP contribution in [0.2, 0.25) is 0 Å². The van der Waals surface area contributed by atoms with E-state index in [1.54, 1.807) is 27.3 Å². The second-order valence-corrected chi connectivity index (χ2v) is 5.83. The van der Waals surface area contributed by atoms with Crippen LogP contribution in [0.1, 0.15) is 13.3 Å². The van der Waals surface area contributed by atoms with E-state index in [-0.39, 0.29) is 5.91 Å². The Kier molecular flexibility index (Phi) is 4.61. The van der Waals surface area contributed by atoms with Crippen molar-refractivity contribution in [3.63, 3.8) is 0 Å². The molecule has 0 bridgehead atoms. The van der Waals surface area contributed by atoms with Gasteiger partial charge in [-0.25, -0.2) is 4.98 Å². The number of anilines is 1. The highest BCUT2D eigenvalue weighted by Gasteiger charge is 2.12. The van der Waals surface area contributed by atoms with Gasteiger partial charge in [0.15, 0.2) is 17.3 Å². The summed E-state index contributed by atoms with van der Waals surface area (Å²) in [6.07, 6.45) is 2.19. The van der Waals surface area contributed by atoms with Crippen molar-refractivity contribution in [2.75, 3.05) is 19.5 Å². The van der Waals surface area contributed by atoms with Gasteiger partial charge >= 0.3 is 0 Å². The van der Waals surface area contributed by atoms with Crippen LogP contribution in [0.25, 0.3) is 21.3 Å². The van der Waals surface area contributed by atoms with E-state index in [4.69, 9.17) is 9.47 Å². The summed E-state index contributed by atoms with van der Waals surface area (Å²) in [5.74, 6) is 1.80. The van der Waals surface area contributed by atoms with Crippen LogP contribution in [0.5, 0.6) is 11.5 Å². The summed E-state index contributed by atoms with van der Waals surface area (Å²) in [5, 5.41) is 3.64. The Morgan fingerprint density at radius 1 is 1.17 bits per heavy atom. The van der Waals surface area contributed by atoms with Crippen LogP contribution in [0.15, 0.2) is 30.5 Å². The van der Waals surface area contributed by atoms with E-state index in [2.05, 4.69) is 14.7 Å². The lowest BCUT2D eigenvalue weighted by Gasteiger charge is -2.09. The molecule has 0 aliphatic carbocycles. The largest absolute Gasteiger partial charge is 0.493 e. The van der Waals surface area contributed by atoms with E-state index in [0.29, 0.717) is 23.7 Å². The van der Waals surface area contributed by atoms with Crippen LogP contribution in [-0.4, -0.2) is 29.5 Å². The Hall–Kier alpha value is -2.67. The van der Waals surface area contributed by atoms with E-state index in [1.165, 1.54) is 11.5 Å². The molecule has 1 N–H and O–H groups in total. The van der Waals surface area contributed by atoms with E-state index < -0.39 is 0 Å². The molecule has 2 heterocycles. The third-order valence-corrected chi connectivity index (χ3v) is 4.40. The zero-order valence-corrected chi connectivity index (χ0v) is 14.4. The van der Waals surface area contributed by atoms with Crippen molar-refractivity contribution in [2.45, 2.75) is 13.3 Å². The molecule has 124 valence electrons. The molecule has 0 spiro atoms. The Balaban J connectivity index is 2.04. The fourth-order valence-electron chi connectivity index (χ4n) is 2.32. The number of ether oxygens (including phenoxy) is 2. The number of hydrogen-bond donors (Lipinski definition) is 1. The highest BCUT2D eigenvalue weighted by Crippen LogP contribution is 2.34. The molecule has 0 radical (unpaired) electrons. The van der Waals surface area contributed by atoms with E-state index in [9.17, 15) is 4.79 Å². The number of pyridine rings is 1. The maximum Gasteiger partial charge on any atom is 0.225 e. The Bertz CT molecular complexity index is 892. The number of fused-ring (bicyclic) bond motifs is 1. The Morgan fingerprint density at radius 2 is 1.96 bits per heavy atom. The average molecular weight is 343 g/mol. The first-order chi connectivity index (χ1) is 11.7. The summed E-state index contributed by atoms with van der Waals surface area (Å²) in [4.78, 5) is 16.9. The Labute approximate surface area is 143 Å². The summed E-state index contributed by atoms with van der Waals surface area (Å²) >= 11 is 1.26. The number of carbonyl (C=O) groups is 1. The quantitative estimate of drug-likeness (QED) is 0.764. The number of rotatable bonds is 5. The summed E-state index contributed by atoms with van der Waals surface area (Å²) in [6.45, 7) is 1.80. The van der Waals surface area contributed by atoms with Crippen LogP contribution in [0.4, 0.5) is 5.82 Å².